The van der Waals surface area contributed by atoms with Gasteiger partial charge in [-0.05, 0) is 24.0 Å². The first-order valence-corrected chi connectivity index (χ1v) is 6.48. The summed E-state index contributed by atoms with van der Waals surface area (Å²) in [6.45, 7) is 6.48. The molecule has 0 amide bonds. The van der Waals surface area contributed by atoms with E-state index in [1.54, 1.807) is 6.07 Å². The van der Waals surface area contributed by atoms with Gasteiger partial charge in [-0.1, -0.05) is 13.8 Å². The Hall–Kier alpha value is -2.04. The average molecular weight is 258 g/mol. The highest BCUT2D eigenvalue weighted by atomic mass is 16.1. The molecule has 0 aliphatic carbocycles. The highest BCUT2D eigenvalue weighted by molar-refractivity contribution is 5.88. The van der Waals surface area contributed by atoms with E-state index < -0.39 is 0 Å². The van der Waals surface area contributed by atoms with Crippen LogP contribution in [0.5, 0.6) is 0 Å². The van der Waals surface area contributed by atoms with Crippen LogP contribution in [-0.4, -0.2) is 23.1 Å². The number of aromatic nitrogens is 2. The molecule has 0 radical (unpaired) electrons. The second-order valence-electron chi connectivity index (χ2n) is 6.00. The molecule has 5 heteroatoms. The number of anilines is 2. The Labute approximate surface area is 111 Å². The number of nitrogen functional groups attached to an aromatic ring is 1. The van der Waals surface area contributed by atoms with Crippen LogP contribution >= 0.6 is 0 Å². The number of aromatic amines is 1. The number of rotatable bonds is 1. The lowest BCUT2D eigenvalue weighted by Gasteiger charge is -2.23. The third kappa shape index (κ3) is 2.05. The largest absolute Gasteiger partial charge is 0.397 e. The van der Waals surface area contributed by atoms with E-state index in [4.69, 9.17) is 5.73 Å². The van der Waals surface area contributed by atoms with Gasteiger partial charge in [0.05, 0.1) is 28.6 Å². The lowest BCUT2D eigenvalue weighted by atomic mass is 9.93. The zero-order valence-electron chi connectivity index (χ0n) is 11.2. The quantitative estimate of drug-likeness (QED) is 0.764. The average Bonchev–Trinajstić information content (AvgIpc) is 2.70. The van der Waals surface area contributed by atoms with Crippen LogP contribution in [0.1, 0.15) is 20.3 Å². The van der Waals surface area contributed by atoms with Crippen LogP contribution in [-0.2, 0) is 0 Å². The molecule has 0 atom stereocenters. The lowest BCUT2D eigenvalue weighted by molar-refractivity contribution is 0.418. The van der Waals surface area contributed by atoms with Crippen molar-refractivity contribution in [3.8, 4) is 0 Å². The Morgan fingerprint density at radius 2 is 2.21 bits per heavy atom. The number of H-pyrrole nitrogens is 1. The minimum absolute atomic E-state index is 0.148. The van der Waals surface area contributed by atoms with Crippen LogP contribution in [0.3, 0.4) is 0 Å². The molecule has 1 aliphatic heterocycles. The Morgan fingerprint density at radius 1 is 1.42 bits per heavy atom. The Bertz CT molecular complexity index is 689. The van der Waals surface area contributed by atoms with Gasteiger partial charge in [-0.15, -0.1) is 0 Å². The van der Waals surface area contributed by atoms with Gasteiger partial charge in [0, 0.05) is 13.1 Å². The predicted octanol–water partition coefficient (Wildman–Crippen LogP) is 1.74. The maximum absolute atomic E-state index is 11.7. The van der Waals surface area contributed by atoms with Crippen molar-refractivity contribution < 1.29 is 0 Å². The van der Waals surface area contributed by atoms with E-state index in [2.05, 4.69) is 28.7 Å². The van der Waals surface area contributed by atoms with Gasteiger partial charge < -0.3 is 15.6 Å². The van der Waals surface area contributed by atoms with E-state index in [9.17, 15) is 4.79 Å². The minimum Gasteiger partial charge on any atom is -0.397 e. The molecular weight excluding hydrogens is 240 g/mol. The van der Waals surface area contributed by atoms with Crippen molar-refractivity contribution in [2.24, 2.45) is 5.41 Å². The molecule has 1 fully saturated rings. The molecule has 0 spiro atoms. The maximum Gasteiger partial charge on any atom is 0.258 e. The number of hydrogen-bond donors (Lipinski definition) is 2. The van der Waals surface area contributed by atoms with Crippen molar-refractivity contribution in [2.45, 2.75) is 20.3 Å². The molecule has 1 aromatic heterocycles. The van der Waals surface area contributed by atoms with Gasteiger partial charge >= 0.3 is 0 Å². The molecule has 2 aromatic rings. The van der Waals surface area contributed by atoms with Gasteiger partial charge in [-0.3, -0.25) is 4.79 Å². The summed E-state index contributed by atoms with van der Waals surface area (Å²) in [5.74, 6) is 0. The molecule has 100 valence electrons. The maximum atomic E-state index is 11.7. The third-order valence-corrected chi connectivity index (χ3v) is 3.81. The van der Waals surface area contributed by atoms with Crippen LogP contribution < -0.4 is 16.2 Å². The molecule has 2 heterocycles. The number of nitrogens with zero attached hydrogens (tertiary/aromatic N) is 2. The smallest absolute Gasteiger partial charge is 0.258 e. The Kier molecular flexibility index (Phi) is 2.52. The van der Waals surface area contributed by atoms with Crippen LogP contribution in [0, 0.1) is 5.41 Å². The van der Waals surface area contributed by atoms with Crippen molar-refractivity contribution in [1.29, 1.82) is 0 Å². The van der Waals surface area contributed by atoms with Gasteiger partial charge in [0.25, 0.3) is 5.56 Å². The zero-order valence-corrected chi connectivity index (χ0v) is 11.2. The van der Waals surface area contributed by atoms with Crippen LogP contribution in [0.25, 0.3) is 10.9 Å². The normalized spacial score (nSPS) is 18.1. The second-order valence-corrected chi connectivity index (χ2v) is 6.00. The second kappa shape index (κ2) is 3.98. The van der Waals surface area contributed by atoms with Gasteiger partial charge in [0.1, 0.15) is 0 Å². The summed E-state index contributed by atoms with van der Waals surface area (Å²) in [4.78, 5) is 20.8. The van der Waals surface area contributed by atoms with E-state index in [-0.39, 0.29) is 5.56 Å². The summed E-state index contributed by atoms with van der Waals surface area (Å²) < 4.78 is 0. The van der Waals surface area contributed by atoms with Crippen LogP contribution in [0.4, 0.5) is 11.4 Å². The number of benzene rings is 1. The molecule has 0 saturated carbocycles. The predicted molar refractivity (Wildman–Crippen MR) is 77.4 cm³/mol. The topological polar surface area (TPSA) is 75.0 Å². The lowest BCUT2D eigenvalue weighted by Crippen LogP contribution is -2.23. The summed E-state index contributed by atoms with van der Waals surface area (Å²) in [5, 5.41) is 0.544. The van der Waals surface area contributed by atoms with Crippen molar-refractivity contribution in [1.82, 2.24) is 9.97 Å². The Balaban J connectivity index is 2.10. The summed E-state index contributed by atoms with van der Waals surface area (Å²) in [5.41, 5.74) is 8.58. The van der Waals surface area contributed by atoms with Crippen molar-refractivity contribution >= 4 is 22.3 Å². The van der Waals surface area contributed by atoms with Gasteiger partial charge in [-0.25, -0.2) is 4.98 Å². The molecule has 1 saturated heterocycles. The van der Waals surface area contributed by atoms with Gasteiger partial charge in [-0.2, -0.15) is 0 Å². The first-order chi connectivity index (χ1) is 8.96. The molecule has 0 unspecified atom stereocenters. The number of nitrogens with two attached hydrogens (primary N) is 1. The van der Waals surface area contributed by atoms with E-state index in [1.807, 2.05) is 6.07 Å². The van der Waals surface area contributed by atoms with Crippen LogP contribution in [0.2, 0.25) is 0 Å². The van der Waals surface area contributed by atoms with Gasteiger partial charge in [0.2, 0.25) is 0 Å². The van der Waals surface area contributed by atoms with E-state index in [0.29, 0.717) is 22.0 Å². The first kappa shape index (κ1) is 12.0. The van der Waals surface area contributed by atoms with E-state index in [1.165, 1.54) is 6.33 Å². The molecular formula is C14H18N4O. The summed E-state index contributed by atoms with van der Waals surface area (Å²) in [7, 11) is 0. The van der Waals surface area contributed by atoms with Gasteiger partial charge in [0.15, 0.2) is 0 Å². The third-order valence-electron chi connectivity index (χ3n) is 3.81. The summed E-state index contributed by atoms with van der Waals surface area (Å²) in [6, 6.07) is 3.64. The van der Waals surface area contributed by atoms with Crippen molar-refractivity contribution in [3.63, 3.8) is 0 Å². The number of fused-ring (bicyclic) bond motifs is 1. The monoisotopic (exact) mass is 258 g/mol. The molecule has 3 rings (SSSR count). The fourth-order valence-corrected chi connectivity index (χ4v) is 2.71. The highest BCUT2D eigenvalue weighted by Crippen LogP contribution is 2.36. The van der Waals surface area contributed by atoms with Crippen molar-refractivity contribution in [3.05, 3.63) is 28.8 Å². The number of nitrogens with one attached hydrogen (secondary N) is 1. The number of hydrogen-bond acceptors (Lipinski definition) is 4. The van der Waals surface area contributed by atoms with E-state index in [0.717, 1.165) is 25.2 Å². The molecule has 5 nitrogen and oxygen atoms in total. The summed E-state index contributed by atoms with van der Waals surface area (Å²) in [6.07, 6.45) is 2.58. The zero-order chi connectivity index (χ0) is 13.6. The first-order valence-electron chi connectivity index (χ1n) is 6.48. The van der Waals surface area contributed by atoms with E-state index >= 15 is 0 Å². The molecule has 0 bridgehead atoms. The standard InChI is InChI=1S/C14H18N4O/c1-14(2)3-4-18(7-14)12-6-11-9(5-10(12)15)13(19)17-8-16-11/h5-6,8H,3-4,7,15H2,1-2H3,(H,16,17,19). The molecule has 3 N–H and O–H groups in total. The fourth-order valence-electron chi connectivity index (χ4n) is 2.71. The minimum atomic E-state index is -0.148. The SMILES string of the molecule is CC1(C)CCN(c2cc3nc[nH]c(=O)c3cc2N)C1. The molecule has 19 heavy (non-hydrogen) atoms. The summed E-state index contributed by atoms with van der Waals surface area (Å²) >= 11 is 0. The molecule has 1 aromatic carbocycles. The molecule has 1 aliphatic rings. The fraction of sp³-hybridized carbons (Fsp3) is 0.429. The van der Waals surface area contributed by atoms with Crippen molar-refractivity contribution in [2.75, 3.05) is 23.7 Å². The Morgan fingerprint density at radius 3 is 2.89 bits per heavy atom. The highest BCUT2D eigenvalue weighted by Gasteiger charge is 2.30. The van der Waals surface area contributed by atoms with Crippen LogP contribution in [0.15, 0.2) is 23.3 Å².